The molecule has 106 valence electrons. The maximum atomic E-state index is 11.2. The van der Waals surface area contributed by atoms with Crippen LogP contribution in [0.1, 0.15) is 12.0 Å². The molecule has 2 heterocycles. The quantitative estimate of drug-likeness (QED) is 0.455. The highest BCUT2D eigenvalue weighted by Gasteiger charge is 2.17. The topological polar surface area (TPSA) is 119 Å². The minimum absolute atomic E-state index is 0.0204. The van der Waals surface area contributed by atoms with Crippen LogP contribution < -0.4 is 11.0 Å². The van der Waals surface area contributed by atoms with Gasteiger partial charge in [0.1, 0.15) is 6.33 Å². The van der Waals surface area contributed by atoms with E-state index in [0.717, 1.165) is 0 Å². The highest BCUT2D eigenvalue weighted by Crippen LogP contribution is 2.25. The Hall–Kier alpha value is -2.71. The summed E-state index contributed by atoms with van der Waals surface area (Å²) in [7, 11) is 0. The van der Waals surface area contributed by atoms with Gasteiger partial charge in [0.05, 0.1) is 4.92 Å². The number of H-pyrrole nitrogens is 1. The van der Waals surface area contributed by atoms with Crippen molar-refractivity contribution in [3.8, 4) is 0 Å². The van der Waals surface area contributed by atoms with Crippen LogP contribution in [0.4, 0.5) is 11.5 Å². The predicted octanol–water partition coefficient (Wildman–Crippen LogP) is 0.685. The van der Waals surface area contributed by atoms with E-state index in [2.05, 4.69) is 20.5 Å². The SMILES string of the molecule is Cc1ccnc(NCCCn2cn[nH]c2=O)c1[N+](=O)[O-]. The Morgan fingerprint density at radius 2 is 2.35 bits per heavy atom. The fourth-order valence-electron chi connectivity index (χ4n) is 1.80. The first-order valence-corrected chi connectivity index (χ1v) is 6.03. The van der Waals surface area contributed by atoms with Gasteiger partial charge in [-0.05, 0) is 19.4 Å². The van der Waals surface area contributed by atoms with Crippen molar-refractivity contribution in [2.75, 3.05) is 11.9 Å². The van der Waals surface area contributed by atoms with E-state index in [4.69, 9.17) is 0 Å². The van der Waals surface area contributed by atoms with Gasteiger partial charge in [-0.15, -0.1) is 0 Å². The molecule has 20 heavy (non-hydrogen) atoms. The second-order valence-electron chi connectivity index (χ2n) is 4.22. The summed E-state index contributed by atoms with van der Waals surface area (Å²) in [4.78, 5) is 25.7. The molecule has 0 unspecified atom stereocenters. The highest BCUT2D eigenvalue weighted by atomic mass is 16.6. The van der Waals surface area contributed by atoms with Gasteiger partial charge in [0.2, 0.25) is 5.82 Å². The van der Waals surface area contributed by atoms with Crippen molar-refractivity contribution in [2.45, 2.75) is 19.9 Å². The molecule has 0 radical (unpaired) electrons. The Labute approximate surface area is 113 Å². The zero-order chi connectivity index (χ0) is 14.5. The summed E-state index contributed by atoms with van der Waals surface area (Å²) in [6.45, 7) is 2.60. The summed E-state index contributed by atoms with van der Waals surface area (Å²) in [5.41, 5.74) is 0.260. The number of nitrogens with one attached hydrogen (secondary N) is 2. The lowest BCUT2D eigenvalue weighted by molar-refractivity contribution is -0.384. The third kappa shape index (κ3) is 2.99. The lowest BCUT2D eigenvalue weighted by Crippen LogP contribution is -2.18. The largest absolute Gasteiger partial charge is 0.364 e. The molecular weight excluding hydrogens is 264 g/mol. The first kappa shape index (κ1) is 13.7. The summed E-state index contributed by atoms with van der Waals surface area (Å²) >= 11 is 0. The number of aromatic nitrogens is 4. The Morgan fingerprint density at radius 3 is 3.00 bits per heavy atom. The van der Waals surface area contributed by atoms with Crippen molar-refractivity contribution in [1.29, 1.82) is 0 Å². The smallest absolute Gasteiger partial charge is 0.343 e. The highest BCUT2D eigenvalue weighted by molar-refractivity contribution is 5.59. The van der Waals surface area contributed by atoms with E-state index in [0.29, 0.717) is 25.1 Å². The Morgan fingerprint density at radius 1 is 1.55 bits per heavy atom. The van der Waals surface area contributed by atoms with Gasteiger partial charge >= 0.3 is 11.4 Å². The monoisotopic (exact) mass is 278 g/mol. The minimum Gasteiger partial charge on any atom is -0.364 e. The lowest BCUT2D eigenvalue weighted by atomic mass is 10.2. The van der Waals surface area contributed by atoms with E-state index in [1.54, 1.807) is 13.0 Å². The number of nitro groups is 1. The summed E-state index contributed by atoms with van der Waals surface area (Å²) < 4.78 is 1.43. The second kappa shape index (κ2) is 5.95. The van der Waals surface area contributed by atoms with Crippen LogP contribution in [-0.4, -0.2) is 31.2 Å². The van der Waals surface area contributed by atoms with Crippen LogP contribution in [0.25, 0.3) is 0 Å². The molecule has 0 saturated carbocycles. The molecule has 0 aliphatic rings. The number of aromatic amines is 1. The zero-order valence-electron chi connectivity index (χ0n) is 10.9. The van der Waals surface area contributed by atoms with E-state index in [1.807, 2.05) is 0 Å². The number of anilines is 1. The summed E-state index contributed by atoms with van der Waals surface area (Å²) in [6.07, 6.45) is 3.55. The van der Waals surface area contributed by atoms with E-state index >= 15 is 0 Å². The first-order chi connectivity index (χ1) is 9.59. The van der Waals surface area contributed by atoms with Crippen LogP contribution in [0, 0.1) is 17.0 Å². The number of rotatable bonds is 6. The van der Waals surface area contributed by atoms with Crippen molar-refractivity contribution in [3.63, 3.8) is 0 Å². The molecule has 9 nitrogen and oxygen atoms in total. The normalized spacial score (nSPS) is 10.4. The molecule has 0 aliphatic carbocycles. The van der Waals surface area contributed by atoms with Crippen molar-refractivity contribution in [2.24, 2.45) is 0 Å². The first-order valence-electron chi connectivity index (χ1n) is 6.03. The van der Waals surface area contributed by atoms with Crippen molar-refractivity contribution >= 4 is 11.5 Å². The van der Waals surface area contributed by atoms with E-state index < -0.39 is 4.92 Å². The van der Waals surface area contributed by atoms with Crippen molar-refractivity contribution in [3.05, 3.63) is 44.8 Å². The minimum atomic E-state index is -0.453. The molecule has 0 aliphatic heterocycles. The van der Waals surface area contributed by atoms with E-state index in [1.165, 1.54) is 17.1 Å². The number of hydrogen-bond acceptors (Lipinski definition) is 6. The molecule has 0 amide bonds. The van der Waals surface area contributed by atoms with Crippen LogP contribution >= 0.6 is 0 Å². The van der Waals surface area contributed by atoms with Crippen molar-refractivity contribution < 1.29 is 4.92 Å². The fraction of sp³-hybridized carbons (Fsp3) is 0.364. The van der Waals surface area contributed by atoms with E-state index in [-0.39, 0.29) is 17.2 Å². The molecule has 2 aromatic heterocycles. The van der Waals surface area contributed by atoms with Crippen LogP contribution in [0.15, 0.2) is 23.4 Å². The standard InChI is InChI=1S/C11H14N6O3/c1-8-3-5-13-10(9(8)17(19)20)12-4-2-6-16-7-14-15-11(16)18/h3,5,7H,2,4,6H2,1H3,(H,12,13)(H,15,18). The van der Waals surface area contributed by atoms with Crippen LogP contribution in [0.3, 0.4) is 0 Å². The molecular formula is C11H14N6O3. The second-order valence-corrected chi connectivity index (χ2v) is 4.22. The predicted molar refractivity (Wildman–Crippen MR) is 71.6 cm³/mol. The fourth-order valence-corrected chi connectivity index (χ4v) is 1.80. The molecule has 0 fully saturated rings. The molecule has 0 saturated heterocycles. The van der Waals surface area contributed by atoms with Crippen molar-refractivity contribution in [1.82, 2.24) is 19.7 Å². The molecule has 0 bridgehead atoms. The zero-order valence-corrected chi connectivity index (χ0v) is 10.9. The third-order valence-corrected chi connectivity index (χ3v) is 2.79. The molecule has 0 aromatic carbocycles. The van der Waals surface area contributed by atoms with Gasteiger partial charge in [-0.25, -0.2) is 14.9 Å². The van der Waals surface area contributed by atoms with Gasteiger partial charge in [0.25, 0.3) is 0 Å². The molecule has 9 heteroatoms. The summed E-state index contributed by atoms with van der Waals surface area (Å²) in [6, 6.07) is 1.59. The Balaban J connectivity index is 1.95. The average molecular weight is 278 g/mol. The van der Waals surface area contributed by atoms with Gasteiger partial charge in [0.15, 0.2) is 0 Å². The molecule has 0 spiro atoms. The van der Waals surface area contributed by atoms with Gasteiger partial charge in [-0.1, -0.05) is 0 Å². The van der Waals surface area contributed by atoms with Gasteiger partial charge in [0, 0.05) is 24.8 Å². The number of pyridine rings is 1. The summed E-state index contributed by atoms with van der Waals surface area (Å²) in [5, 5.41) is 19.8. The average Bonchev–Trinajstić information content (AvgIpc) is 2.80. The lowest BCUT2D eigenvalue weighted by Gasteiger charge is -2.07. The van der Waals surface area contributed by atoms with Crippen LogP contribution in [-0.2, 0) is 6.54 Å². The molecule has 2 aromatic rings. The maximum Gasteiger partial charge on any atom is 0.343 e. The molecule has 2 N–H and O–H groups in total. The number of hydrogen-bond donors (Lipinski definition) is 2. The molecule has 0 atom stereocenters. The molecule has 2 rings (SSSR count). The van der Waals surface area contributed by atoms with Gasteiger partial charge in [-0.2, -0.15) is 5.10 Å². The van der Waals surface area contributed by atoms with Crippen LogP contribution in [0.5, 0.6) is 0 Å². The third-order valence-electron chi connectivity index (χ3n) is 2.79. The Kier molecular flexibility index (Phi) is 4.08. The van der Waals surface area contributed by atoms with E-state index in [9.17, 15) is 14.9 Å². The Bertz CT molecular complexity index is 662. The van der Waals surface area contributed by atoms with Gasteiger partial charge in [-0.3, -0.25) is 14.7 Å². The van der Waals surface area contributed by atoms with Gasteiger partial charge < -0.3 is 5.32 Å². The number of aryl methyl sites for hydroxylation is 2. The maximum absolute atomic E-state index is 11.2. The number of nitrogens with zero attached hydrogens (tertiary/aromatic N) is 4. The summed E-state index contributed by atoms with van der Waals surface area (Å²) in [5.74, 6) is 0.245. The van der Waals surface area contributed by atoms with Crippen LogP contribution in [0.2, 0.25) is 0 Å².